The van der Waals surface area contributed by atoms with Gasteiger partial charge in [0.05, 0.1) is 5.69 Å². The summed E-state index contributed by atoms with van der Waals surface area (Å²) < 4.78 is 24.0. The molecule has 0 aliphatic heterocycles. The first-order valence-electron chi connectivity index (χ1n) is 6.13. The maximum Gasteiger partial charge on any atom is 0.235 e. The number of carbonyl (C=O) groups is 1. The number of nitrogens with two attached hydrogens (primary N) is 1. The summed E-state index contributed by atoms with van der Waals surface area (Å²) in [6.07, 6.45) is 2.85. The maximum absolute atomic E-state index is 12.0. The van der Waals surface area contributed by atoms with Crippen molar-refractivity contribution < 1.29 is 13.2 Å². The SMILES string of the molecule is CCC(CC)NC(=O)CS(=O)(=O)c1ncccc1N. The summed E-state index contributed by atoms with van der Waals surface area (Å²) in [6.45, 7) is 3.86. The predicted octanol–water partition coefficient (Wildman–Crippen LogP) is 0.742. The van der Waals surface area contributed by atoms with Crippen LogP contribution in [0.2, 0.25) is 0 Å². The molecule has 6 nitrogen and oxygen atoms in total. The van der Waals surface area contributed by atoms with Gasteiger partial charge in [-0.25, -0.2) is 13.4 Å². The van der Waals surface area contributed by atoms with E-state index in [-0.39, 0.29) is 16.8 Å². The number of amides is 1. The van der Waals surface area contributed by atoms with Gasteiger partial charge >= 0.3 is 0 Å². The Morgan fingerprint density at radius 2 is 2.05 bits per heavy atom. The number of pyridine rings is 1. The van der Waals surface area contributed by atoms with Gasteiger partial charge < -0.3 is 11.1 Å². The van der Waals surface area contributed by atoms with Crippen molar-refractivity contribution in [1.29, 1.82) is 0 Å². The molecular weight excluding hydrogens is 266 g/mol. The summed E-state index contributed by atoms with van der Waals surface area (Å²) in [5.74, 6) is -1.16. The Bertz CT molecular complexity index is 539. The molecule has 0 spiro atoms. The molecule has 0 bridgehead atoms. The van der Waals surface area contributed by atoms with E-state index in [1.807, 2.05) is 13.8 Å². The van der Waals surface area contributed by atoms with E-state index in [2.05, 4.69) is 10.3 Å². The standard InChI is InChI=1S/C12H19N3O3S/c1-3-9(4-2)15-11(16)8-19(17,18)12-10(13)6-5-7-14-12/h5-7,9H,3-4,8,13H2,1-2H3,(H,15,16). The number of nitrogen functional groups attached to an aromatic ring is 1. The monoisotopic (exact) mass is 285 g/mol. The van der Waals surface area contributed by atoms with E-state index in [9.17, 15) is 13.2 Å². The first kappa shape index (κ1) is 15.4. The number of sulfone groups is 1. The van der Waals surface area contributed by atoms with Crippen LogP contribution in [0.1, 0.15) is 26.7 Å². The van der Waals surface area contributed by atoms with Crippen molar-refractivity contribution in [1.82, 2.24) is 10.3 Å². The first-order valence-corrected chi connectivity index (χ1v) is 7.78. The number of hydrogen-bond donors (Lipinski definition) is 2. The van der Waals surface area contributed by atoms with Crippen molar-refractivity contribution in [2.24, 2.45) is 0 Å². The zero-order valence-electron chi connectivity index (χ0n) is 11.1. The highest BCUT2D eigenvalue weighted by Crippen LogP contribution is 2.15. The third kappa shape index (κ3) is 4.20. The molecule has 1 aromatic heterocycles. The van der Waals surface area contributed by atoms with Crippen LogP contribution >= 0.6 is 0 Å². The van der Waals surface area contributed by atoms with Crippen molar-refractivity contribution in [2.45, 2.75) is 37.8 Å². The van der Waals surface area contributed by atoms with Gasteiger partial charge in [-0.15, -0.1) is 0 Å². The number of nitrogens with zero attached hydrogens (tertiary/aromatic N) is 1. The molecule has 106 valence electrons. The fourth-order valence-corrected chi connectivity index (χ4v) is 2.88. The second kappa shape index (κ2) is 6.51. The van der Waals surface area contributed by atoms with E-state index < -0.39 is 21.5 Å². The van der Waals surface area contributed by atoms with Gasteiger partial charge in [0, 0.05) is 12.2 Å². The summed E-state index contributed by atoms with van der Waals surface area (Å²) >= 11 is 0. The number of hydrogen-bond acceptors (Lipinski definition) is 5. The molecule has 1 aromatic rings. The molecule has 0 radical (unpaired) electrons. The smallest absolute Gasteiger partial charge is 0.235 e. The second-order valence-corrected chi connectivity index (χ2v) is 6.14. The lowest BCUT2D eigenvalue weighted by atomic mass is 10.2. The molecule has 0 atom stereocenters. The fraction of sp³-hybridized carbons (Fsp3) is 0.500. The van der Waals surface area contributed by atoms with Crippen molar-refractivity contribution in [3.63, 3.8) is 0 Å². The van der Waals surface area contributed by atoms with Crippen LogP contribution in [0.5, 0.6) is 0 Å². The minimum Gasteiger partial charge on any atom is -0.396 e. The normalized spacial score (nSPS) is 11.5. The average molecular weight is 285 g/mol. The Labute approximate surface area is 113 Å². The lowest BCUT2D eigenvalue weighted by Gasteiger charge is -2.14. The van der Waals surface area contributed by atoms with Gasteiger partial charge in [-0.05, 0) is 25.0 Å². The number of anilines is 1. The minimum absolute atomic E-state index is 0.0104. The van der Waals surface area contributed by atoms with Crippen molar-refractivity contribution >= 4 is 21.4 Å². The Morgan fingerprint density at radius 1 is 1.42 bits per heavy atom. The number of rotatable bonds is 6. The van der Waals surface area contributed by atoms with Crippen molar-refractivity contribution in [3.05, 3.63) is 18.3 Å². The van der Waals surface area contributed by atoms with Crippen LogP contribution in [-0.2, 0) is 14.6 Å². The zero-order valence-corrected chi connectivity index (χ0v) is 11.9. The molecule has 19 heavy (non-hydrogen) atoms. The van der Waals surface area contributed by atoms with Crippen LogP contribution in [0.4, 0.5) is 5.69 Å². The lowest BCUT2D eigenvalue weighted by molar-refractivity contribution is -0.119. The molecule has 1 amide bonds. The zero-order chi connectivity index (χ0) is 14.5. The van der Waals surface area contributed by atoms with Crippen LogP contribution in [0, 0.1) is 0 Å². The van der Waals surface area contributed by atoms with E-state index in [1.165, 1.54) is 12.3 Å². The molecular formula is C12H19N3O3S. The molecule has 7 heteroatoms. The molecule has 1 heterocycles. The van der Waals surface area contributed by atoms with Crippen LogP contribution in [0.3, 0.4) is 0 Å². The second-order valence-electron chi connectivity index (χ2n) is 4.24. The number of nitrogens with one attached hydrogen (secondary N) is 1. The van der Waals surface area contributed by atoms with Gasteiger partial charge in [-0.2, -0.15) is 0 Å². The van der Waals surface area contributed by atoms with Gasteiger partial charge in [0.2, 0.25) is 15.7 Å². The molecule has 3 N–H and O–H groups in total. The van der Waals surface area contributed by atoms with E-state index in [1.54, 1.807) is 6.07 Å². The maximum atomic E-state index is 12.0. The topological polar surface area (TPSA) is 102 Å². The summed E-state index contributed by atoms with van der Waals surface area (Å²) in [6, 6.07) is 2.97. The highest BCUT2D eigenvalue weighted by atomic mass is 32.2. The molecule has 0 unspecified atom stereocenters. The number of aromatic nitrogens is 1. The van der Waals surface area contributed by atoms with Gasteiger partial charge in [-0.3, -0.25) is 4.79 Å². The van der Waals surface area contributed by atoms with E-state index in [0.717, 1.165) is 12.8 Å². The Kier molecular flexibility index (Phi) is 5.29. The van der Waals surface area contributed by atoms with E-state index in [4.69, 9.17) is 5.73 Å². The highest BCUT2D eigenvalue weighted by Gasteiger charge is 2.23. The number of carbonyl (C=O) groups excluding carboxylic acids is 1. The average Bonchev–Trinajstić information content (AvgIpc) is 2.35. The van der Waals surface area contributed by atoms with Crippen LogP contribution in [0.25, 0.3) is 0 Å². The third-order valence-electron chi connectivity index (χ3n) is 2.77. The Balaban J connectivity index is 2.81. The summed E-state index contributed by atoms with van der Waals surface area (Å²) in [5, 5.41) is 2.43. The van der Waals surface area contributed by atoms with Crippen LogP contribution in [-0.4, -0.2) is 31.1 Å². The largest absolute Gasteiger partial charge is 0.396 e. The highest BCUT2D eigenvalue weighted by molar-refractivity contribution is 7.92. The molecule has 1 rings (SSSR count). The predicted molar refractivity (Wildman–Crippen MR) is 73.2 cm³/mol. The van der Waals surface area contributed by atoms with Crippen LogP contribution in [0.15, 0.2) is 23.4 Å². The van der Waals surface area contributed by atoms with Crippen LogP contribution < -0.4 is 11.1 Å². The fourth-order valence-electron chi connectivity index (χ4n) is 1.67. The van der Waals surface area contributed by atoms with E-state index in [0.29, 0.717) is 0 Å². The Morgan fingerprint density at radius 3 is 2.58 bits per heavy atom. The molecule has 0 aliphatic carbocycles. The van der Waals surface area contributed by atoms with E-state index >= 15 is 0 Å². The molecule has 0 saturated carbocycles. The third-order valence-corrected chi connectivity index (χ3v) is 4.34. The molecule has 0 aromatic carbocycles. The van der Waals surface area contributed by atoms with Gasteiger partial charge in [0.15, 0.2) is 5.03 Å². The Hall–Kier alpha value is -1.63. The first-order chi connectivity index (χ1) is 8.90. The van der Waals surface area contributed by atoms with Crippen molar-refractivity contribution in [3.8, 4) is 0 Å². The van der Waals surface area contributed by atoms with Gasteiger partial charge in [0.1, 0.15) is 5.75 Å². The molecule has 0 saturated heterocycles. The minimum atomic E-state index is -3.80. The lowest BCUT2D eigenvalue weighted by Crippen LogP contribution is -2.38. The summed E-state index contributed by atoms with van der Waals surface area (Å²) in [7, 11) is -3.80. The quantitative estimate of drug-likeness (QED) is 0.802. The molecule has 0 fully saturated rings. The summed E-state index contributed by atoms with van der Waals surface area (Å²) in [5.41, 5.74) is 5.62. The van der Waals surface area contributed by atoms with Crippen molar-refractivity contribution in [2.75, 3.05) is 11.5 Å². The van der Waals surface area contributed by atoms with Gasteiger partial charge in [-0.1, -0.05) is 13.8 Å². The molecule has 0 aliphatic rings. The summed E-state index contributed by atoms with van der Waals surface area (Å²) in [4.78, 5) is 15.4. The van der Waals surface area contributed by atoms with Gasteiger partial charge in [0.25, 0.3) is 0 Å².